The fourth-order valence-corrected chi connectivity index (χ4v) is 2.51. The number of benzene rings is 1. The zero-order valence-corrected chi connectivity index (χ0v) is 13.1. The normalized spacial score (nSPS) is 13.2. The van der Waals surface area contributed by atoms with Gasteiger partial charge in [0, 0.05) is 36.5 Å². The molecule has 2 heterocycles. The predicted octanol–water partition coefficient (Wildman–Crippen LogP) is 0.562. The quantitative estimate of drug-likeness (QED) is 0.617. The second kappa shape index (κ2) is 7.14. The molecule has 1 aliphatic heterocycles. The molecular formula is C16H19N5O3. The minimum atomic E-state index is -0.407. The van der Waals surface area contributed by atoms with Crippen molar-refractivity contribution in [3.8, 4) is 5.75 Å². The van der Waals surface area contributed by atoms with Gasteiger partial charge in [0.15, 0.2) is 5.69 Å². The molecule has 0 aliphatic carbocycles. The van der Waals surface area contributed by atoms with Crippen LogP contribution in [-0.4, -0.2) is 35.2 Å². The number of carbonyl (C=O) groups excluding carboxylic acids is 2. The van der Waals surface area contributed by atoms with E-state index in [0.29, 0.717) is 23.7 Å². The van der Waals surface area contributed by atoms with Gasteiger partial charge < -0.3 is 21.1 Å². The molecule has 0 atom stereocenters. The first-order valence-electron chi connectivity index (χ1n) is 7.73. The third kappa shape index (κ3) is 3.72. The van der Waals surface area contributed by atoms with E-state index in [0.717, 1.165) is 24.2 Å². The number of aromatic amines is 1. The Kier molecular flexibility index (Phi) is 4.76. The number of carbonyl (C=O) groups is 2. The number of nitrogens with zero attached hydrogens (tertiary/aromatic N) is 1. The van der Waals surface area contributed by atoms with Crippen LogP contribution in [0.25, 0.3) is 0 Å². The third-order valence-electron chi connectivity index (χ3n) is 3.75. The van der Waals surface area contributed by atoms with Crippen LogP contribution in [0.3, 0.4) is 0 Å². The molecule has 0 saturated carbocycles. The van der Waals surface area contributed by atoms with Crippen molar-refractivity contribution < 1.29 is 14.3 Å². The minimum absolute atomic E-state index is 0.163. The number of fused-ring (bicyclic) bond motifs is 1. The van der Waals surface area contributed by atoms with Gasteiger partial charge in [-0.15, -0.1) is 0 Å². The number of nitrogens with one attached hydrogen (secondary N) is 3. The van der Waals surface area contributed by atoms with E-state index in [9.17, 15) is 9.59 Å². The van der Waals surface area contributed by atoms with Crippen LogP contribution >= 0.6 is 0 Å². The summed E-state index contributed by atoms with van der Waals surface area (Å²) in [6.45, 7) is 1.75. The Balaban J connectivity index is 1.60. The van der Waals surface area contributed by atoms with Gasteiger partial charge in [0.05, 0.1) is 13.0 Å². The molecule has 24 heavy (non-hydrogen) atoms. The molecule has 8 nitrogen and oxygen atoms in total. The minimum Gasteiger partial charge on any atom is -0.493 e. The molecule has 2 amide bonds. The maximum Gasteiger partial charge on any atom is 0.276 e. The molecule has 0 radical (unpaired) electrons. The summed E-state index contributed by atoms with van der Waals surface area (Å²) in [4.78, 5) is 23.0. The molecule has 2 aromatic rings. The van der Waals surface area contributed by atoms with Gasteiger partial charge in [-0.2, -0.15) is 5.10 Å². The SMILES string of the molecule is NC(=O)CCOc1ccc(NC(=O)c2n[nH]c3c2CNCC3)cc1. The first-order chi connectivity index (χ1) is 11.6. The van der Waals surface area contributed by atoms with E-state index in [1.165, 1.54) is 0 Å². The topological polar surface area (TPSA) is 122 Å². The highest BCUT2D eigenvalue weighted by atomic mass is 16.5. The lowest BCUT2D eigenvalue weighted by molar-refractivity contribution is -0.118. The second-order valence-electron chi connectivity index (χ2n) is 5.50. The van der Waals surface area contributed by atoms with Gasteiger partial charge in [-0.3, -0.25) is 14.7 Å². The van der Waals surface area contributed by atoms with Crippen molar-refractivity contribution in [2.45, 2.75) is 19.4 Å². The fourth-order valence-electron chi connectivity index (χ4n) is 2.51. The largest absolute Gasteiger partial charge is 0.493 e. The van der Waals surface area contributed by atoms with Crippen molar-refractivity contribution in [1.82, 2.24) is 15.5 Å². The van der Waals surface area contributed by atoms with Gasteiger partial charge in [-0.1, -0.05) is 0 Å². The van der Waals surface area contributed by atoms with Gasteiger partial charge in [0.25, 0.3) is 5.91 Å². The van der Waals surface area contributed by atoms with Crippen LogP contribution in [0.15, 0.2) is 24.3 Å². The highest BCUT2D eigenvalue weighted by Gasteiger charge is 2.21. The molecule has 126 valence electrons. The molecule has 8 heteroatoms. The van der Waals surface area contributed by atoms with Gasteiger partial charge in [0.2, 0.25) is 5.91 Å². The van der Waals surface area contributed by atoms with E-state index in [1.807, 2.05) is 0 Å². The highest BCUT2D eigenvalue weighted by molar-refractivity contribution is 6.04. The van der Waals surface area contributed by atoms with Crippen molar-refractivity contribution in [2.75, 3.05) is 18.5 Å². The number of H-pyrrole nitrogens is 1. The molecule has 5 N–H and O–H groups in total. The lowest BCUT2D eigenvalue weighted by atomic mass is 10.1. The Morgan fingerprint density at radius 3 is 2.83 bits per heavy atom. The van der Waals surface area contributed by atoms with Gasteiger partial charge in [0.1, 0.15) is 5.75 Å². The summed E-state index contributed by atoms with van der Waals surface area (Å²) in [5.41, 5.74) is 8.04. The van der Waals surface area contributed by atoms with Crippen LogP contribution in [0, 0.1) is 0 Å². The summed E-state index contributed by atoms with van der Waals surface area (Å²) >= 11 is 0. The predicted molar refractivity (Wildman–Crippen MR) is 87.7 cm³/mol. The average molecular weight is 329 g/mol. The Labute approximate surface area is 138 Å². The molecule has 1 aromatic heterocycles. The van der Waals surface area contributed by atoms with Crippen molar-refractivity contribution in [3.05, 3.63) is 41.2 Å². The highest BCUT2D eigenvalue weighted by Crippen LogP contribution is 2.19. The van der Waals surface area contributed by atoms with Gasteiger partial charge in [-0.25, -0.2) is 0 Å². The summed E-state index contributed by atoms with van der Waals surface area (Å²) in [6, 6.07) is 6.90. The van der Waals surface area contributed by atoms with Crippen LogP contribution in [0.5, 0.6) is 5.75 Å². The molecule has 0 bridgehead atoms. The summed E-state index contributed by atoms with van der Waals surface area (Å²) in [6.07, 6.45) is 1.00. The smallest absolute Gasteiger partial charge is 0.276 e. The Bertz CT molecular complexity index is 739. The summed E-state index contributed by atoms with van der Waals surface area (Å²) < 4.78 is 5.38. The second-order valence-corrected chi connectivity index (χ2v) is 5.50. The fraction of sp³-hybridized carbons (Fsp3) is 0.312. The van der Waals surface area contributed by atoms with E-state index < -0.39 is 5.91 Å². The molecule has 0 saturated heterocycles. The van der Waals surface area contributed by atoms with E-state index in [2.05, 4.69) is 20.8 Å². The lowest BCUT2D eigenvalue weighted by Crippen LogP contribution is -2.25. The molecule has 3 rings (SSSR count). The Morgan fingerprint density at radius 1 is 1.29 bits per heavy atom. The van der Waals surface area contributed by atoms with Crippen LogP contribution in [0.1, 0.15) is 28.2 Å². The number of rotatable bonds is 6. The molecule has 0 unspecified atom stereocenters. The van der Waals surface area contributed by atoms with Gasteiger partial charge in [-0.05, 0) is 24.3 Å². The van der Waals surface area contributed by atoms with E-state index in [4.69, 9.17) is 10.5 Å². The standard InChI is InChI=1S/C16H19N5O3/c17-14(22)6-8-24-11-3-1-10(2-4-11)19-16(23)15-12-9-18-7-5-13(12)20-21-15/h1-4,18H,5-9H2,(H2,17,22)(H,19,23)(H,20,21). The third-order valence-corrected chi connectivity index (χ3v) is 3.75. The molecule has 0 fully saturated rings. The molecule has 0 spiro atoms. The van der Waals surface area contributed by atoms with Crippen molar-refractivity contribution in [1.29, 1.82) is 0 Å². The molecular weight excluding hydrogens is 310 g/mol. The van der Waals surface area contributed by atoms with Crippen molar-refractivity contribution in [3.63, 3.8) is 0 Å². The number of anilines is 1. The first-order valence-corrected chi connectivity index (χ1v) is 7.73. The zero-order valence-electron chi connectivity index (χ0n) is 13.1. The maximum absolute atomic E-state index is 12.4. The number of primary amides is 1. The van der Waals surface area contributed by atoms with Crippen LogP contribution < -0.4 is 21.1 Å². The van der Waals surface area contributed by atoms with E-state index in [-0.39, 0.29) is 18.9 Å². The number of aromatic nitrogens is 2. The molecule has 1 aromatic carbocycles. The maximum atomic E-state index is 12.4. The van der Waals surface area contributed by atoms with Gasteiger partial charge >= 0.3 is 0 Å². The van der Waals surface area contributed by atoms with Crippen LogP contribution in [0.2, 0.25) is 0 Å². The van der Waals surface area contributed by atoms with E-state index in [1.54, 1.807) is 24.3 Å². The van der Waals surface area contributed by atoms with Crippen LogP contribution in [-0.2, 0) is 17.8 Å². The zero-order chi connectivity index (χ0) is 16.9. The molecule has 1 aliphatic rings. The number of hydrogen-bond donors (Lipinski definition) is 4. The monoisotopic (exact) mass is 329 g/mol. The Morgan fingerprint density at radius 2 is 2.08 bits per heavy atom. The summed E-state index contributed by atoms with van der Waals surface area (Å²) in [7, 11) is 0. The van der Waals surface area contributed by atoms with E-state index >= 15 is 0 Å². The summed E-state index contributed by atoms with van der Waals surface area (Å²) in [5, 5.41) is 13.1. The Hall–Kier alpha value is -2.87. The number of ether oxygens (including phenoxy) is 1. The van der Waals surface area contributed by atoms with Crippen molar-refractivity contribution >= 4 is 17.5 Å². The van der Waals surface area contributed by atoms with Crippen LogP contribution in [0.4, 0.5) is 5.69 Å². The summed E-state index contributed by atoms with van der Waals surface area (Å²) in [5.74, 6) is -0.0510. The van der Waals surface area contributed by atoms with Crippen molar-refractivity contribution in [2.24, 2.45) is 5.73 Å². The average Bonchev–Trinajstić information content (AvgIpc) is 3.00. The number of hydrogen-bond acceptors (Lipinski definition) is 5. The first kappa shape index (κ1) is 16.0. The number of nitrogens with two attached hydrogens (primary N) is 1. The number of amides is 2. The lowest BCUT2D eigenvalue weighted by Gasteiger charge is -2.13.